The minimum atomic E-state index is -1.50. The fourth-order valence-corrected chi connectivity index (χ4v) is 0.851. The van der Waals surface area contributed by atoms with Crippen LogP contribution in [0.15, 0.2) is 4.99 Å². The maximum Gasteiger partial charge on any atom is 0.266 e. The molecule has 0 saturated heterocycles. The van der Waals surface area contributed by atoms with Crippen molar-refractivity contribution in [3.63, 3.8) is 0 Å². The molecule has 1 heterocycles. The molecule has 0 aromatic heterocycles. The lowest BCUT2D eigenvalue weighted by atomic mass is 10.3. The Balaban J connectivity index is 2.68. The summed E-state index contributed by atoms with van der Waals surface area (Å²) >= 11 is 16.3. The van der Waals surface area contributed by atoms with E-state index < -0.39 is 9.52 Å². The SMILES string of the molecule is CC1(C)N=C(C(Cl)(Cl)Cl)O1. The van der Waals surface area contributed by atoms with Crippen LogP contribution in [0.3, 0.4) is 0 Å². The first kappa shape index (κ1) is 8.44. The monoisotopic (exact) mass is 201 g/mol. The molecule has 0 aromatic rings. The van der Waals surface area contributed by atoms with Crippen molar-refractivity contribution in [3.8, 4) is 0 Å². The van der Waals surface area contributed by atoms with Crippen LogP contribution in [0.4, 0.5) is 0 Å². The normalized spacial score (nSPS) is 22.7. The minimum Gasteiger partial charge on any atom is -0.450 e. The van der Waals surface area contributed by atoms with Crippen molar-refractivity contribution in [3.05, 3.63) is 0 Å². The van der Waals surface area contributed by atoms with E-state index in [2.05, 4.69) is 4.99 Å². The third-order valence-corrected chi connectivity index (χ3v) is 1.44. The zero-order chi connectivity index (χ0) is 7.99. The summed E-state index contributed by atoms with van der Waals surface area (Å²) in [6.45, 7) is 3.57. The molecule has 0 saturated carbocycles. The number of alkyl halides is 3. The van der Waals surface area contributed by atoms with Crippen molar-refractivity contribution < 1.29 is 4.74 Å². The molecular weight excluding hydrogens is 196 g/mol. The van der Waals surface area contributed by atoms with Gasteiger partial charge in [0.2, 0.25) is 5.90 Å². The number of rotatable bonds is 0. The van der Waals surface area contributed by atoms with E-state index in [0.717, 1.165) is 0 Å². The van der Waals surface area contributed by atoms with Crippen LogP contribution in [-0.4, -0.2) is 15.4 Å². The van der Waals surface area contributed by atoms with Gasteiger partial charge in [-0.1, -0.05) is 34.8 Å². The van der Waals surface area contributed by atoms with Crippen molar-refractivity contribution >= 4 is 40.7 Å². The summed E-state index contributed by atoms with van der Waals surface area (Å²) in [5, 5.41) is 0. The molecule has 0 unspecified atom stereocenters. The molecule has 0 atom stereocenters. The Labute approximate surface area is 74.1 Å². The lowest BCUT2D eigenvalue weighted by molar-refractivity contribution is 0.0509. The van der Waals surface area contributed by atoms with Gasteiger partial charge in [0, 0.05) is 0 Å². The number of hydrogen-bond donors (Lipinski definition) is 0. The molecular formula is C5H6Cl3NO. The Bertz CT molecular complexity index is 182. The summed E-state index contributed by atoms with van der Waals surface area (Å²) in [6, 6.07) is 0. The van der Waals surface area contributed by atoms with E-state index in [1.807, 2.05) is 0 Å². The van der Waals surface area contributed by atoms with Gasteiger partial charge in [0.05, 0.1) is 0 Å². The second kappa shape index (κ2) is 2.16. The zero-order valence-electron chi connectivity index (χ0n) is 5.49. The number of hydrogen-bond acceptors (Lipinski definition) is 2. The average molecular weight is 202 g/mol. The van der Waals surface area contributed by atoms with E-state index in [1.54, 1.807) is 13.8 Å². The van der Waals surface area contributed by atoms with Gasteiger partial charge in [-0.15, -0.1) is 0 Å². The van der Waals surface area contributed by atoms with E-state index in [4.69, 9.17) is 39.5 Å². The van der Waals surface area contributed by atoms with Crippen LogP contribution in [0.5, 0.6) is 0 Å². The Hall–Kier alpha value is 0.340. The zero-order valence-corrected chi connectivity index (χ0v) is 7.76. The maximum absolute atomic E-state index is 5.44. The molecule has 1 aliphatic heterocycles. The fraction of sp³-hybridized carbons (Fsp3) is 0.800. The highest BCUT2D eigenvalue weighted by molar-refractivity contribution is 6.76. The van der Waals surface area contributed by atoms with Gasteiger partial charge in [-0.3, -0.25) is 0 Å². The summed E-state index contributed by atoms with van der Waals surface area (Å²) in [5.74, 6) is 0.169. The van der Waals surface area contributed by atoms with Crippen LogP contribution >= 0.6 is 34.8 Å². The summed E-state index contributed by atoms with van der Waals surface area (Å²) in [4.78, 5) is 3.92. The Kier molecular flexibility index (Phi) is 1.82. The first-order valence-electron chi connectivity index (χ1n) is 2.67. The van der Waals surface area contributed by atoms with Crippen LogP contribution < -0.4 is 0 Å². The van der Waals surface area contributed by atoms with Gasteiger partial charge in [-0.25, -0.2) is 4.99 Å². The van der Waals surface area contributed by atoms with Crippen LogP contribution in [0.1, 0.15) is 13.8 Å². The molecule has 2 nitrogen and oxygen atoms in total. The molecule has 0 aliphatic carbocycles. The molecule has 0 N–H and O–H groups in total. The number of aliphatic imine (C=N–C) groups is 1. The highest BCUT2D eigenvalue weighted by atomic mass is 35.6. The number of nitrogens with zero attached hydrogens (tertiary/aromatic N) is 1. The van der Waals surface area contributed by atoms with E-state index >= 15 is 0 Å². The van der Waals surface area contributed by atoms with Gasteiger partial charge >= 0.3 is 0 Å². The molecule has 0 aromatic carbocycles. The topological polar surface area (TPSA) is 21.6 Å². The maximum atomic E-state index is 5.44. The molecule has 0 fully saturated rings. The van der Waals surface area contributed by atoms with E-state index in [-0.39, 0.29) is 5.90 Å². The van der Waals surface area contributed by atoms with E-state index in [0.29, 0.717) is 0 Å². The number of halogens is 3. The minimum absolute atomic E-state index is 0.169. The average Bonchev–Trinajstić information content (AvgIpc) is 1.56. The second-order valence-electron chi connectivity index (χ2n) is 2.46. The number of ether oxygens (including phenoxy) is 1. The second-order valence-corrected chi connectivity index (χ2v) is 4.74. The third kappa shape index (κ3) is 1.68. The molecule has 58 valence electrons. The predicted molar refractivity (Wildman–Crippen MR) is 42.9 cm³/mol. The molecule has 0 spiro atoms. The molecule has 0 bridgehead atoms. The summed E-state index contributed by atoms with van der Waals surface area (Å²) in [5.41, 5.74) is -0.515. The fourth-order valence-electron chi connectivity index (χ4n) is 0.609. The standard InChI is InChI=1S/C5H6Cl3NO/c1-4(2)9-3(10-4)5(6,7)8/h1-2H3. The molecule has 10 heavy (non-hydrogen) atoms. The lowest BCUT2D eigenvalue weighted by Crippen LogP contribution is -2.43. The van der Waals surface area contributed by atoms with Crippen molar-refractivity contribution in [2.24, 2.45) is 4.99 Å². The Morgan fingerprint density at radius 2 is 1.80 bits per heavy atom. The van der Waals surface area contributed by atoms with Crippen LogP contribution in [0.25, 0.3) is 0 Å². The lowest BCUT2D eigenvalue weighted by Gasteiger charge is -2.34. The Morgan fingerprint density at radius 3 is 1.90 bits per heavy atom. The van der Waals surface area contributed by atoms with Crippen molar-refractivity contribution in [1.82, 2.24) is 0 Å². The van der Waals surface area contributed by atoms with Gasteiger partial charge in [0.1, 0.15) is 0 Å². The van der Waals surface area contributed by atoms with E-state index in [1.165, 1.54) is 0 Å². The first-order valence-corrected chi connectivity index (χ1v) is 3.81. The summed E-state index contributed by atoms with van der Waals surface area (Å²) in [7, 11) is 0. The highest BCUT2D eigenvalue weighted by Gasteiger charge is 2.42. The van der Waals surface area contributed by atoms with Gasteiger partial charge in [0.25, 0.3) is 3.79 Å². The van der Waals surface area contributed by atoms with Crippen molar-refractivity contribution in [1.29, 1.82) is 0 Å². The predicted octanol–water partition coefficient (Wildman–Crippen LogP) is 2.52. The van der Waals surface area contributed by atoms with Crippen LogP contribution in [-0.2, 0) is 4.74 Å². The first-order chi connectivity index (χ1) is 4.31. The van der Waals surface area contributed by atoms with Gasteiger partial charge in [-0.05, 0) is 13.8 Å². The molecule has 1 aliphatic rings. The van der Waals surface area contributed by atoms with Gasteiger partial charge < -0.3 is 4.74 Å². The van der Waals surface area contributed by atoms with Gasteiger partial charge in [0.15, 0.2) is 5.72 Å². The van der Waals surface area contributed by atoms with E-state index in [9.17, 15) is 0 Å². The molecule has 0 amide bonds. The Morgan fingerprint density at radius 1 is 1.40 bits per heavy atom. The molecule has 1 rings (SSSR count). The smallest absolute Gasteiger partial charge is 0.266 e. The molecule has 0 radical (unpaired) electrons. The quantitative estimate of drug-likeness (QED) is 0.553. The van der Waals surface area contributed by atoms with Crippen LogP contribution in [0.2, 0.25) is 0 Å². The van der Waals surface area contributed by atoms with Crippen LogP contribution in [0, 0.1) is 0 Å². The van der Waals surface area contributed by atoms with Crippen molar-refractivity contribution in [2.75, 3.05) is 0 Å². The largest absolute Gasteiger partial charge is 0.450 e. The molecule has 5 heteroatoms. The van der Waals surface area contributed by atoms with Crippen molar-refractivity contribution in [2.45, 2.75) is 23.4 Å². The summed E-state index contributed by atoms with van der Waals surface area (Å²) < 4.78 is 3.54. The summed E-state index contributed by atoms with van der Waals surface area (Å²) in [6.07, 6.45) is 0. The third-order valence-electron chi connectivity index (χ3n) is 0.960. The highest BCUT2D eigenvalue weighted by Crippen LogP contribution is 2.36. The van der Waals surface area contributed by atoms with Gasteiger partial charge in [-0.2, -0.15) is 0 Å².